The average molecular weight is 300 g/mol. The Kier molecular flexibility index (Phi) is 3.73. The molecule has 0 saturated carbocycles. The van der Waals surface area contributed by atoms with E-state index in [1.165, 1.54) is 17.7 Å². The van der Waals surface area contributed by atoms with Crippen molar-refractivity contribution in [3.63, 3.8) is 0 Å². The van der Waals surface area contributed by atoms with E-state index < -0.39 is 0 Å². The van der Waals surface area contributed by atoms with Crippen LogP contribution in [-0.2, 0) is 4.79 Å². The highest BCUT2D eigenvalue weighted by molar-refractivity contribution is 6.31. The molecular formula is C11H11Cl2N5O. The number of nitrogens with zero attached hydrogens (tertiary/aromatic N) is 4. The molecule has 0 aromatic carbocycles. The van der Waals surface area contributed by atoms with Crippen molar-refractivity contribution in [2.75, 3.05) is 5.32 Å². The van der Waals surface area contributed by atoms with Crippen LogP contribution < -0.4 is 5.32 Å². The van der Waals surface area contributed by atoms with Crippen molar-refractivity contribution in [2.24, 2.45) is 0 Å². The lowest BCUT2D eigenvalue weighted by Gasteiger charge is -2.06. The van der Waals surface area contributed by atoms with E-state index in [1.54, 1.807) is 13.8 Å². The van der Waals surface area contributed by atoms with Gasteiger partial charge in [0, 0.05) is 13.0 Å². The van der Waals surface area contributed by atoms with Crippen molar-refractivity contribution in [3.8, 4) is 5.95 Å². The van der Waals surface area contributed by atoms with Gasteiger partial charge in [-0.1, -0.05) is 23.2 Å². The first-order valence-electron chi connectivity index (χ1n) is 5.42. The molecule has 19 heavy (non-hydrogen) atoms. The topological polar surface area (TPSA) is 72.7 Å². The van der Waals surface area contributed by atoms with Crippen molar-refractivity contribution in [1.82, 2.24) is 19.7 Å². The molecule has 0 bridgehead atoms. The molecule has 0 aliphatic heterocycles. The number of aromatic nitrogens is 4. The van der Waals surface area contributed by atoms with Gasteiger partial charge in [-0.05, 0) is 13.8 Å². The maximum Gasteiger partial charge on any atom is 0.254 e. The van der Waals surface area contributed by atoms with Gasteiger partial charge in [0.05, 0.1) is 16.4 Å². The Morgan fingerprint density at radius 3 is 2.53 bits per heavy atom. The Bertz CT molecular complexity index is 653. The van der Waals surface area contributed by atoms with Crippen LogP contribution in [0.2, 0.25) is 10.2 Å². The monoisotopic (exact) mass is 299 g/mol. The summed E-state index contributed by atoms with van der Waals surface area (Å²) < 4.78 is 1.48. The molecule has 0 spiro atoms. The van der Waals surface area contributed by atoms with Gasteiger partial charge in [-0.3, -0.25) is 4.79 Å². The maximum atomic E-state index is 11.0. The SMILES string of the molecule is CC(=O)Nc1cc(Cl)nc(-n2nc(C)c(Cl)c2C)n1. The molecule has 2 aromatic rings. The molecule has 2 aromatic heterocycles. The summed E-state index contributed by atoms with van der Waals surface area (Å²) in [5, 5.41) is 7.53. The zero-order valence-corrected chi connectivity index (χ0v) is 12.0. The van der Waals surface area contributed by atoms with Gasteiger partial charge in [0.15, 0.2) is 0 Å². The van der Waals surface area contributed by atoms with Crippen molar-refractivity contribution >= 4 is 34.9 Å². The molecule has 0 aliphatic rings. The summed E-state index contributed by atoms with van der Waals surface area (Å²) in [5.74, 6) is 0.321. The molecule has 0 radical (unpaired) electrons. The predicted molar refractivity (Wildman–Crippen MR) is 73.0 cm³/mol. The molecular weight excluding hydrogens is 289 g/mol. The number of amides is 1. The van der Waals surface area contributed by atoms with Crippen LogP contribution >= 0.6 is 23.2 Å². The normalized spacial score (nSPS) is 10.6. The molecule has 0 atom stereocenters. The van der Waals surface area contributed by atoms with Gasteiger partial charge in [0.2, 0.25) is 5.91 Å². The van der Waals surface area contributed by atoms with Crippen molar-refractivity contribution < 1.29 is 4.79 Å². The van der Waals surface area contributed by atoms with Gasteiger partial charge in [-0.15, -0.1) is 0 Å². The fraction of sp³-hybridized carbons (Fsp3) is 0.273. The lowest BCUT2D eigenvalue weighted by Crippen LogP contribution is -2.11. The Morgan fingerprint density at radius 1 is 1.32 bits per heavy atom. The highest BCUT2D eigenvalue weighted by Crippen LogP contribution is 2.22. The summed E-state index contributed by atoms with van der Waals surface area (Å²) in [6, 6.07) is 1.46. The molecule has 0 aliphatic carbocycles. The summed E-state index contributed by atoms with van der Waals surface area (Å²) in [5.41, 5.74) is 1.37. The van der Waals surface area contributed by atoms with E-state index in [2.05, 4.69) is 20.4 Å². The fourth-order valence-corrected chi connectivity index (χ4v) is 1.86. The Hall–Kier alpha value is -1.66. The van der Waals surface area contributed by atoms with Crippen molar-refractivity contribution in [2.45, 2.75) is 20.8 Å². The van der Waals surface area contributed by atoms with Crippen LogP contribution in [0, 0.1) is 13.8 Å². The fourth-order valence-electron chi connectivity index (χ4n) is 1.56. The number of hydrogen-bond donors (Lipinski definition) is 1. The molecule has 6 nitrogen and oxygen atoms in total. The number of rotatable bonds is 2. The summed E-state index contributed by atoms with van der Waals surface area (Å²) in [4.78, 5) is 19.3. The van der Waals surface area contributed by atoms with Crippen LogP contribution in [0.3, 0.4) is 0 Å². The maximum absolute atomic E-state index is 11.0. The van der Waals surface area contributed by atoms with E-state index in [1.807, 2.05) is 0 Å². The van der Waals surface area contributed by atoms with Crippen LogP contribution in [0.15, 0.2) is 6.07 Å². The van der Waals surface area contributed by atoms with E-state index in [0.717, 1.165) is 0 Å². The predicted octanol–water partition coefficient (Wildman–Crippen LogP) is 2.54. The quantitative estimate of drug-likeness (QED) is 0.865. The smallest absolute Gasteiger partial charge is 0.254 e. The first-order valence-corrected chi connectivity index (χ1v) is 6.18. The van der Waals surface area contributed by atoms with Gasteiger partial charge < -0.3 is 5.32 Å². The molecule has 2 rings (SSSR count). The van der Waals surface area contributed by atoms with Gasteiger partial charge >= 0.3 is 0 Å². The van der Waals surface area contributed by atoms with E-state index in [9.17, 15) is 4.79 Å². The average Bonchev–Trinajstić information content (AvgIpc) is 2.55. The number of carbonyl (C=O) groups is 1. The van der Waals surface area contributed by atoms with E-state index in [-0.39, 0.29) is 17.0 Å². The standard InChI is InChI=1S/C11H11Cl2N5O/c1-5-10(13)6(2)18(17-5)11-15-8(12)4-9(16-11)14-7(3)19/h4H,1-3H3,(H,14,15,16,19). The van der Waals surface area contributed by atoms with Crippen LogP contribution in [0.1, 0.15) is 18.3 Å². The molecule has 0 unspecified atom stereocenters. The minimum absolute atomic E-state index is 0.206. The van der Waals surface area contributed by atoms with E-state index >= 15 is 0 Å². The molecule has 0 saturated heterocycles. The second kappa shape index (κ2) is 5.14. The molecule has 100 valence electrons. The summed E-state index contributed by atoms with van der Waals surface area (Å²) in [6.07, 6.45) is 0. The number of halogens is 2. The first kappa shape index (κ1) is 13.8. The minimum atomic E-state index is -0.243. The number of nitrogens with one attached hydrogen (secondary N) is 1. The van der Waals surface area contributed by atoms with E-state index in [0.29, 0.717) is 22.2 Å². The third-order valence-corrected chi connectivity index (χ3v) is 3.12. The van der Waals surface area contributed by atoms with Crippen LogP contribution in [0.5, 0.6) is 0 Å². The largest absolute Gasteiger partial charge is 0.311 e. The number of anilines is 1. The molecule has 0 fully saturated rings. The van der Waals surface area contributed by atoms with E-state index in [4.69, 9.17) is 23.2 Å². The highest BCUT2D eigenvalue weighted by atomic mass is 35.5. The lowest BCUT2D eigenvalue weighted by atomic mass is 10.4. The van der Waals surface area contributed by atoms with Gasteiger partial charge in [-0.2, -0.15) is 15.1 Å². The molecule has 1 amide bonds. The Balaban J connectivity index is 2.52. The highest BCUT2D eigenvalue weighted by Gasteiger charge is 2.14. The number of carbonyl (C=O) groups excluding carboxylic acids is 1. The second-order valence-corrected chi connectivity index (χ2v) is 4.72. The minimum Gasteiger partial charge on any atom is -0.311 e. The van der Waals surface area contributed by atoms with Crippen molar-refractivity contribution in [1.29, 1.82) is 0 Å². The zero-order chi connectivity index (χ0) is 14.2. The summed E-state index contributed by atoms with van der Waals surface area (Å²) in [7, 11) is 0. The lowest BCUT2D eigenvalue weighted by molar-refractivity contribution is -0.114. The number of hydrogen-bond acceptors (Lipinski definition) is 4. The first-order chi connectivity index (χ1) is 8.88. The second-order valence-electron chi connectivity index (χ2n) is 3.95. The van der Waals surface area contributed by atoms with Gasteiger partial charge in [0.25, 0.3) is 5.95 Å². The van der Waals surface area contributed by atoms with Gasteiger partial charge in [-0.25, -0.2) is 4.68 Å². The summed E-state index contributed by atoms with van der Waals surface area (Å²) >= 11 is 12.0. The third kappa shape index (κ3) is 2.85. The van der Waals surface area contributed by atoms with Crippen LogP contribution in [-0.4, -0.2) is 25.7 Å². The van der Waals surface area contributed by atoms with Gasteiger partial charge in [0.1, 0.15) is 11.0 Å². The summed E-state index contributed by atoms with van der Waals surface area (Å²) in [6.45, 7) is 4.96. The molecule has 2 heterocycles. The Labute approximate surface area is 119 Å². The van der Waals surface area contributed by atoms with Crippen molar-refractivity contribution in [3.05, 3.63) is 27.6 Å². The molecule has 1 N–H and O–H groups in total. The van der Waals surface area contributed by atoms with Crippen LogP contribution in [0.25, 0.3) is 5.95 Å². The number of aryl methyl sites for hydroxylation is 1. The van der Waals surface area contributed by atoms with Crippen LogP contribution in [0.4, 0.5) is 5.82 Å². The third-order valence-electron chi connectivity index (χ3n) is 2.38. The molecule has 8 heteroatoms. The zero-order valence-electron chi connectivity index (χ0n) is 10.5. The Morgan fingerprint density at radius 2 is 2.00 bits per heavy atom.